The predicted octanol–water partition coefficient (Wildman–Crippen LogP) is 0.486. The molecule has 0 aliphatic carbocycles. The molecule has 0 aliphatic heterocycles. The number of nitrogens with one attached hydrogen (secondary N) is 2. The summed E-state index contributed by atoms with van der Waals surface area (Å²) in [6.45, 7) is 3.74. The van der Waals surface area contributed by atoms with Gasteiger partial charge >= 0.3 is 0 Å². The molecule has 1 aromatic rings. The fourth-order valence-corrected chi connectivity index (χ4v) is 2.03. The van der Waals surface area contributed by atoms with E-state index in [0.717, 1.165) is 6.42 Å². The molecular formula is C7H13N3O2S. The van der Waals surface area contributed by atoms with E-state index in [0.29, 0.717) is 0 Å². The van der Waals surface area contributed by atoms with Gasteiger partial charge in [-0.1, -0.05) is 6.92 Å². The van der Waals surface area contributed by atoms with Gasteiger partial charge in [0.2, 0.25) is 10.0 Å². The van der Waals surface area contributed by atoms with Crippen molar-refractivity contribution >= 4 is 10.0 Å². The molecule has 0 aromatic carbocycles. The van der Waals surface area contributed by atoms with Gasteiger partial charge in [-0.3, -0.25) is 5.10 Å². The van der Waals surface area contributed by atoms with E-state index in [1.807, 2.05) is 13.8 Å². The number of H-pyrrole nitrogens is 1. The minimum Gasteiger partial charge on any atom is -0.284 e. The highest BCUT2D eigenvalue weighted by molar-refractivity contribution is 7.89. The molecule has 0 saturated carbocycles. The van der Waals surface area contributed by atoms with Crippen molar-refractivity contribution in [3.05, 3.63) is 12.4 Å². The molecule has 1 heterocycles. The molecule has 0 saturated heterocycles. The SMILES string of the molecule is CCC(C)NS(=O)(=O)c1cn[nH]c1. The lowest BCUT2D eigenvalue weighted by molar-refractivity contribution is 0.556. The van der Waals surface area contributed by atoms with Crippen LogP contribution in [-0.4, -0.2) is 24.7 Å². The summed E-state index contributed by atoms with van der Waals surface area (Å²) in [5.74, 6) is 0. The molecular weight excluding hydrogens is 190 g/mol. The number of nitrogens with zero attached hydrogens (tertiary/aromatic N) is 1. The van der Waals surface area contributed by atoms with E-state index in [-0.39, 0.29) is 10.9 Å². The molecule has 6 heteroatoms. The van der Waals surface area contributed by atoms with Crippen LogP contribution in [0.2, 0.25) is 0 Å². The molecule has 0 bridgehead atoms. The zero-order chi connectivity index (χ0) is 9.90. The average molecular weight is 203 g/mol. The minimum atomic E-state index is -3.37. The lowest BCUT2D eigenvalue weighted by atomic mass is 10.3. The second-order valence-electron chi connectivity index (χ2n) is 2.86. The summed E-state index contributed by atoms with van der Waals surface area (Å²) in [5.41, 5.74) is 0. The van der Waals surface area contributed by atoms with Crippen LogP contribution in [0.4, 0.5) is 0 Å². The third-order valence-corrected chi connectivity index (χ3v) is 3.31. The van der Waals surface area contributed by atoms with Crippen molar-refractivity contribution in [1.29, 1.82) is 0 Å². The molecule has 5 nitrogen and oxygen atoms in total. The molecule has 1 aromatic heterocycles. The number of hydrogen-bond donors (Lipinski definition) is 2. The largest absolute Gasteiger partial charge is 0.284 e. The Labute approximate surface area is 77.6 Å². The van der Waals surface area contributed by atoms with Gasteiger partial charge in [-0.2, -0.15) is 5.10 Å². The van der Waals surface area contributed by atoms with E-state index in [1.165, 1.54) is 12.4 Å². The first-order valence-corrected chi connectivity index (χ1v) is 5.55. The van der Waals surface area contributed by atoms with E-state index >= 15 is 0 Å². The van der Waals surface area contributed by atoms with Gasteiger partial charge in [-0.05, 0) is 13.3 Å². The molecule has 0 radical (unpaired) electrons. The van der Waals surface area contributed by atoms with Gasteiger partial charge in [-0.15, -0.1) is 0 Å². The van der Waals surface area contributed by atoms with Crippen molar-refractivity contribution in [3.8, 4) is 0 Å². The second kappa shape index (κ2) is 3.89. The monoisotopic (exact) mass is 203 g/mol. The molecule has 0 amide bonds. The van der Waals surface area contributed by atoms with Crippen LogP contribution < -0.4 is 4.72 Å². The fourth-order valence-electron chi connectivity index (χ4n) is 0.802. The van der Waals surface area contributed by atoms with Gasteiger partial charge in [0.25, 0.3) is 0 Å². The van der Waals surface area contributed by atoms with Gasteiger partial charge < -0.3 is 0 Å². The van der Waals surface area contributed by atoms with Crippen LogP contribution in [0.15, 0.2) is 17.3 Å². The molecule has 0 spiro atoms. The lowest BCUT2D eigenvalue weighted by Crippen LogP contribution is -2.31. The van der Waals surface area contributed by atoms with E-state index in [1.54, 1.807) is 0 Å². The highest BCUT2D eigenvalue weighted by Gasteiger charge is 2.16. The Bertz CT molecular complexity index is 344. The van der Waals surface area contributed by atoms with Gasteiger partial charge in [-0.25, -0.2) is 13.1 Å². The Kier molecular flexibility index (Phi) is 3.05. The molecule has 74 valence electrons. The maximum absolute atomic E-state index is 11.5. The minimum absolute atomic E-state index is 0.0556. The zero-order valence-corrected chi connectivity index (χ0v) is 8.43. The van der Waals surface area contributed by atoms with Crippen LogP contribution >= 0.6 is 0 Å². The zero-order valence-electron chi connectivity index (χ0n) is 7.61. The maximum atomic E-state index is 11.5. The topological polar surface area (TPSA) is 74.8 Å². The van der Waals surface area contributed by atoms with Crippen LogP contribution in [0.25, 0.3) is 0 Å². The first-order valence-electron chi connectivity index (χ1n) is 4.07. The number of rotatable bonds is 4. The summed E-state index contributed by atoms with van der Waals surface area (Å²) < 4.78 is 25.5. The highest BCUT2D eigenvalue weighted by atomic mass is 32.2. The van der Waals surface area contributed by atoms with E-state index in [2.05, 4.69) is 14.9 Å². The first-order chi connectivity index (χ1) is 6.06. The van der Waals surface area contributed by atoms with Gasteiger partial charge in [0, 0.05) is 12.2 Å². The summed E-state index contributed by atoms with van der Waals surface area (Å²) in [5, 5.41) is 6.04. The van der Waals surface area contributed by atoms with Crippen molar-refractivity contribution in [2.75, 3.05) is 0 Å². The molecule has 2 N–H and O–H groups in total. The Morgan fingerprint density at radius 1 is 1.69 bits per heavy atom. The van der Waals surface area contributed by atoms with E-state index < -0.39 is 10.0 Å². The Hall–Kier alpha value is -0.880. The highest BCUT2D eigenvalue weighted by Crippen LogP contribution is 2.05. The summed E-state index contributed by atoms with van der Waals surface area (Å²) >= 11 is 0. The third kappa shape index (κ3) is 2.53. The van der Waals surface area contributed by atoms with Gasteiger partial charge in [0.15, 0.2) is 0 Å². The summed E-state index contributed by atoms with van der Waals surface area (Å²) in [7, 11) is -3.37. The van der Waals surface area contributed by atoms with Crippen molar-refractivity contribution in [3.63, 3.8) is 0 Å². The third-order valence-electron chi connectivity index (χ3n) is 1.75. The Morgan fingerprint density at radius 3 is 2.85 bits per heavy atom. The summed E-state index contributed by atoms with van der Waals surface area (Å²) in [6, 6.07) is -0.0556. The van der Waals surface area contributed by atoms with Crippen LogP contribution in [-0.2, 0) is 10.0 Å². The Balaban J connectivity index is 2.79. The Morgan fingerprint density at radius 2 is 2.38 bits per heavy atom. The fraction of sp³-hybridized carbons (Fsp3) is 0.571. The van der Waals surface area contributed by atoms with Crippen LogP contribution in [0.3, 0.4) is 0 Å². The van der Waals surface area contributed by atoms with Crippen molar-refractivity contribution in [2.24, 2.45) is 0 Å². The molecule has 1 rings (SSSR count). The van der Waals surface area contributed by atoms with Gasteiger partial charge in [0.05, 0.1) is 6.20 Å². The standard InChI is InChI=1S/C7H13N3O2S/c1-3-6(2)10-13(11,12)7-4-8-9-5-7/h4-6,10H,3H2,1-2H3,(H,8,9). The molecule has 0 aliphatic rings. The normalized spacial score (nSPS) is 14.3. The summed E-state index contributed by atoms with van der Waals surface area (Å²) in [4.78, 5) is 0.174. The van der Waals surface area contributed by atoms with Crippen LogP contribution in [0, 0.1) is 0 Å². The lowest BCUT2D eigenvalue weighted by Gasteiger charge is -2.09. The molecule has 1 atom stereocenters. The molecule has 13 heavy (non-hydrogen) atoms. The van der Waals surface area contributed by atoms with Crippen LogP contribution in [0.1, 0.15) is 20.3 Å². The predicted molar refractivity (Wildman–Crippen MR) is 48.7 cm³/mol. The second-order valence-corrected chi connectivity index (χ2v) is 4.58. The molecule has 0 fully saturated rings. The quantitative estimate of drug-likeness (QED) is 0.747. The first kappa shape index (κ1) is 10.2. The van der Waals surface area contributed by atoms with E-state index in [9.17, 15) is 8.42 Å². The average Bonchev–Trinajstić information content (AvgIpc) is 2.55. The van der Waals surface area contributed by atoms with E-state index in [4.69, 9.17) is 0 Å². The molecule has 1 unspecified atom stereocenters. The van der Waals surface area contributed by atoms with Crippen molar-refractivity contribution < 1.29 is 8.42 Å². The number of aromatic nitrogens is 2. The number of hydrogen-bond acceptors (Lipinski definition) is 3. The maximum Gasteiger partial charge on any atom is 0.243 e. The van der Waals surface area contributed by atoms with Gasteiger partial charge in [0.1, 0.15) is 4.90 Å². The van der Waals surface area contributed by atoms with Crippen LogP contribution in [0.5, 0.6) is 0 Å². The van der Waals surface area contributed by atoms with Crippen molar-refractivity contribution in [1.82, 2.24) is 14.9 Å². The summed E-state index contributed by atoms with van der Waals surface area (Å²) in [6.07, 6.45) is 3.40. The smallest absolute Gasteiger partial charge is 0.243 e. The number of sulfonamides is 1. The number of aromatic amines is 1. The van der Waals surface area contributed by atoms with Crippen molar-refractivity contribution in [2.45, 2.75) is 31.2 Å².